The Balaban J connectivity index is 1.84. The molecule has 0 saturated carbocycles. The maximum Gasteiger partial charge on any atom is 0.269 e. The van der Waals surface area contributed by atoms with Gasteiger partial charge >= 0.3 is 0 Å². The summed E-state index contributed by atoms with van der Waals surface area (Å²) in [6.45, 7) is 6.70. The number of amides is 1. The molecule has 140 valence electrons. The Morgan fingerprint density at radius 1 is 1.33 bits per heavy atom. The molecule has 27 heavy (non-hydrogen) atoms. The summed E-state index contributed by atoms with van der Waals surface area (Å²) in [5, 5.41) is 23.7. The monoisotopic (exact) mass is 383 g/mol. The highest BCUT2D eigenvalue weighted by Crippen LogP contribution is 2.44. The van der Waals surface area contributed by atoms with Crippen molar-refractivity contribution in [3.8, 4) is 6.07 Å². The molecule has 0 radical (unpaired) electrons. The highest BCUT2D eigenvalue weighted by molar-refractivity contribution is 7.16. The molecule has 1 aromatic heterocycles. The molecule has 0 unspecified atom stereocenters. The van der Waals surface area contributed by atoms with Crippen LogP contribution < -0.4 is 5.32 Å². The zero-order valence-electron chi connectivity index (χ0n) is 15.5. The standard InChI is InChI=1S/C20H21N3O3S/c1-20(2,3)13-6-9-15-16(11-21)19(27-17(15)10-13)22-18(24)12-4-7-14(8-5-12)23(25)26/h4-5,7-8,13H,6,9-10H2,1-3H3,(H,22,24)/t13-/m0/s1. The van der Waals surface area contributed by atoms with Crippen LogP contribution in [0.3, 0.4) is 0 Å². The molecule has 1 heterocycles. The number of hydrogen-bond acceptors (Lipinski definition) is 5. The van der Waals surface area contributed by atoms with Gasteiger partial charge in [0.25, 0.3) is 11.6 Å². The lowest BCUT2D eigenvalue weighted by atomic mass is 9.72. The van der Waals surface area contributed by atoms with Gasteiger partial charge in [0, 0.05) is 22.6 Å². The Hall–Kier alpha value is -2.72. The van der Waals surface area contributed by atoms with Crippen molar-refractivity contribution in [2.75, 3.05) is 5.32 Å². The number of nitrogens with one attached hydrogen (secondary N) is 1. The number of hydrogen-bond donors (Lipinski definition) is 1. The number of benzene rings is 1. The largest absolute Gasteiger partial charge is 0.312 e. The van der Waals surface area contributed by atoms with Gasteiger partial charge in [-0.2, -0.15) is 5.26 Å². The van der Waals surface area contributed by atoms with E-state index in [9.17, 15) is 20.2 Å². The molecular formula is C20H21N3O3S. The molecule has 6 nitrogen and oxygen atoms in total. The van der Waals surface area contributed by atoms with Crippen molar-refractivity contribution in [2.45, 2.75) is 40.0 Å². The van der Waals surface area contributed by atoms with Crippen molar-refractivity contribution in [2.24, 2.45) is 11.3 Å². The maximum atomic E-state index is 12.5. The van der Waals surface area contributed by atoms with Gasteiger partial charge < -0.3 is 5.32 Å². The number of nitro groups is 1. The van der Waals surface area contributed by atoms with Crippen molar-refractivity contribution < 1.29 is 9.72 Å². The van der Waals surface area contributed by atoms with E-state index in [0.717, 1.165) is 24.8 Å². The molecule has 0 bridgehead atoms. The average Bonchev–Trinajstić information content (AvgIpc) is 2.97. The smallest absolute Gasteiger partial charge is 0.269 e. The van der Waals surface area contributed by atoms with E-state index in [-0.39, 0.29) is 17.0 Å². The summed E-state index contributed by atoms with van der Waals surface area (Å²) in [5.74, 6) is 0.181. The summed E-state index contributed by atoms with van der Waals surface area (Å²) in [7, 11) is 0. The first-order chi connectivity index (χ1) is 12.7. The molecule has 1 aliphatic carbocycles. The highest BCUT2D eigenvalue weighted by atomic mass is 32.1. The quantitative estimate of drug-likeness (QED) is 0.600. The second-order valence-electron chi connectivity index (χ2n) is 7.88. The minimum absolute atomic E-state index is 0.0657. The predicted octanol–water partition coefficient (Wildman–Crippen LogP) is 4.93. The van der Waals surface area contributed by atoms with Gasteiger partial charge in [-0.1, -0.05) is 20.8 Å². The molecule has 2 aromatic rings. The van der Waals surface area contributed by atoms with Crippen LogP contribution >= 0.6 is 11.3 Å². The third kappa shape index (κ3) is 3.86. The van der Waals surface area contributed by atoms with Crippen molar-refractivity contribution >= 4 is 27.9 Å². The molecule has 1 atom stereocenters. The fourth-order valence-electron chi connectivity index (χ4n) is 3.44. The fourth-order valence-corrected chi connectivity index (χ4v) is 4.71. The Bertz CT molecular complexity index is 933. The van der Waals surface area contributed by atoms with E-state index in [2.05, 4.69) is 32.2 Å². The third-order valence-corrected chi connectivity index (χ3v) is 6.34. The zero-order chi connectivity index (χ0) is 19.8. The Morgan fingerprint density at radius 3 is 2.56 bits per heavy atom. The van der Waals surface area contributed by atoms with Crippen molar-refractivity contribution in [1.82, 2.24) is 0 Å². The molecule has 0 spiro atoms. The zero-order valence-corrected chi connectivity index (χ0v) is 16.4. The molecule has 3 rings (SSSR count). The maximum absolute atomic E-state index is 12.5. The first-order valence-corrected chi connectivity index (χ1v) is 9.62. The average molecular weight is 383 g/mol. The summed E-state index contributed by atoms with van der Waals surface area (Å²) in [6, 6.07) is 7.68. The second-order valence-corrected chi connectivity index (χ2v) is 8.99. The Morgan fingerprint density at radius 2 is 2.00 bits per heavy atom. The van der Waals surface area contributed by atoms with E-state index in [1.54, 1.807) is 0 Å². The van der Waals surface area contributed by atoms with Crippen LogP contribution in [0.15, 0.2) is 24.3 Å². The molecule has 0 fully saturated rings. The molecule has 1 aromatic carbocycles. The number of thiophene rings is 1. The van der Waals surface area contributed by atoms with Crippen molar-refractivity contribution in [3.05, 3.63) is 55.9 Å². The lowest BCUT2D eigenvalue weighted by Gasteiger charge is -2.33. The molecule has 1 aliphatic rings. The molecule has 0 aliphatic heterocycles. The number of anilines is 1. The van der Waals surface area contributed by atoms with Crippen LogP contribution in [-0.4, -0.2) is 10.8 Å². The van der Waals surface area contributed by atoms with E-state index in [1.165, 1.54) is 40.5 Å². The van der Waals surface area contributed by atoms with Crippen LogP contribution in [0.2, 0.25) is 0 Å². The number of nitro benzene ring substituents is 1. The normalized spacial score (nSPS) is 16.3. The Labute approximate surface area is 162 Å². The lowest BCUT2D eigenvalue weighted by molar-refractivity contribution is -0.384. The van der Waals surface area contributed by atoms with Crippen molar-refractivity contribution in [1.29, 1.82) is 5.26 Å². The van der Waals surface area contributed by atoms with Gasteiger partial charge in [0.05, 0.1) is 10.5 Å². The molecular weight excluding hydrogens is 362 g/mol. The van der Waals surface area contributed by atoms with E-state index in [0.29, 0.717) is 22.0 Å². The van der Waals surface area contributed by atoms with Crippen LogP contribution in [-0.2, 0) is 12.8 Å². The predicted molar refractivity (Wildman–Crippen MR) is 105 cm³/mol. The van der Waals surface area contributed by atoms with Crippen LogP contribution in [0.4, 0.5) is 10.7 Å². The van der Waals surface area contributed by atoms with Gasteiger partial charge in [0.15, 0.2) is 0 Å². The van der Waals surface area contributed by atoms with Gasteiger partial charge in [-0.15, -0.1) is 11.3 Å². The van der Waals surface area contributed by atoms with Crippen LogP contribution in [0, 0.1) is 32.8 Å². The van der Waals surface area contributed by atoms with Gasteiger partial charge in [-0.05, 0) is 48.3 Å². The molecule has 7 heteroatoms. The van der Waals surface area contributed by atoms with Gasteiger partial charge in [-0.3, -0.25) is 14.9 Å². The minimum Gasteiger partial charge on any atom is -0.312 e. The van der Waals surface area contributed by atoms with Gasteiger partial charge in [0.1, 0.15) is 11.1 Å². The van der Waals surface area contributed by atoms with E-state index in [4.69, 9.17) is 0 Å². The Kier molecular flexibility index (Phi) is 5.03. The first-order valence-electron chi connectivity index (χ1n) is 8.81. The summed E-state index contributed by atoms with van der Waals surface area (Å²) in [4.78, 5) is 23.9. The number of nitrogens with zero attached hydrogens (tertiary/aromatic N) is 2. The lowest BCUT2D eigenvalue weighted by Crippen LogP contribution is -2.26. The number of carbonyl (C=O) groups is 1. The fraction of sp³-hybridized carbons (Fsp3) is 0.400. The molecule has 0 saturated heterocycles. The van der Waals surface area contributed by atoms with Gasteiger partial charge in [0.2, 0.25) is 0 Å². The summed E-state index contributed by atoms with van der Waals surface area (Å²) < 4.78 is 0. The number of nitriles is 1. The second kappa shape index (κ2) is 7.12. The SMILES string of the molecule is CC(C)(C)[C@H]1CCc2c(sc(NC(=O)c3ccc([N+](=O)[O-])cc3)c2C#N)C1. The third-order valence-electron chi connectivity index (χ3n) is 5.17. The highest BCUT2D eigenvalue weighted by Gasteiger charge is 2.32. The summed E-state index contributed by atoms with van der Waals surface area (Å²) >= 11 is 1.47. The van der Waals surface area contributed by atoms with Gasteiger partial charge in [-0.25, -0.2) is 0 Å². The van der Waals surface area contributed by atoms with Crippen LogP contribution in [0.5, 0.6) is 0 Å². The number of non-ortho nitro benzene ring substituents is 1. The number of rotatable bonds is 3. The van der Waals surface area contributed by atoms with Crippen LogP contribution in [0.25, 0.3) is 0 Å². The van der Waals surface area contributed by atoms with Crippen molar-refractivity contribution in [3.63, 3.8) is 0 Å². The van der Waals surface area contributed by atoms with Crippen LogP contribution in [0.1, 0.15) is 53.6 Å². The first kappa shape index (κ1) is 19.1. The van der Waals surface area contributed by atoms with E-state index < -0.39 is 4.92 Å². The summed E-state index contributed by atoms with van der Waals surface area (Å²) in [6.07, 6.45) is 2.81. The minimum atomic E-state index is -0.506. The number of fused-ring (bicyclic) bond motifs is 1. The molecule has 1 N–H and O–H groups in total. The van der Waals surface area contributed by atoms with E-state index >= 15 is 0 Å². The summed E-state index contributed by atoms with van der Waals surface area (Å²) in [5.41, 5.74) is 2.07. The topological polar surface area (TPSA) is 96.0 Å². The van der Waals surface area contributed by atoms with E-state index in [1.807, 2.05) is 0 Å². The number of carbonyl (C=O) groups excluding carboxylic acids is 1. The molecule has 1 amide bonds.